The molecule has 1 fully saturated rings. The van der Waals surface area contributed by atoms with Crippen LogP contribution in [-0.4, -0.2) is 35.1 Å². The number of urea groups is 1. The molecule has 2 atom stereocenters. The fourth-order valence-electron chi connectivity index (χ4n) is 2.58. The first-order chi connectivity index (χ1) is 9.97. The van der Waals surface area contributed by atoms with Gasteiger partial charge in [-0.25, -0.2) is 9.18 Å². The van der Waals surface area contributed by atoms with Crippen LogP contribution in [0.15, 0.2) is 24.3 Å². The van der Waals surface area contributed by atoms with Crippen molar-refractivity contribution < 1.29 is 19.1 Å². The van der Waals surface area contributed by atoms with E-state index in [0.29, 0.717) is 24.8 Å². The molecule has 0 unspecified atom stereocenters. The summed E-state index contributed by atoms with van der Waals surface area (Å²) in [7, 11) is 1.59. The van der Waals surface area contributed by atoms with Gasteiger partial charge in [-0.05, 0) is 25.3 Å². The highest BCUT2D eigenvalue weighted by molar-refractivity contribution is 5.75. The molecule has 2 N–H and O–H groups in total. The molecule has 2 amide bonds. The van der Waals surface area contributed by atoms with Crippen molar-refractivity contribution in [2.24, 2.45) is 5.92 Å². The number of rotatable bonds is 4. The van der Waals surface area contributed by atoms with Gasteiger partial charge in [0.1, 0.15) is 5.82 Å². The van der Waals surface area contributed by atoms with Crippen molar-refractivity contribution in [2.45, 2.75) is 31.8 Å². The number of carbonyl (C=O) groups excluding carboxylic acids is 1. The molecule has 0 spiro atoms. The lowest BCUT2D eigenvalue weighted by molar-refractivity contribution is -0.141. The molecule has 5 nitrogen and oxygen atoms in total. The van der Waals surface area contributed by atoms with Crippen molar-refractivity contribution >= 4 is 12.0 Å². The summed E-state index contributed by atoms with van der Waals surface area (Å²) in [5.41, 5.74) is 0.449. The molecule has 0 bridgehead atoms. The predicted octanol–water partition coefficient (Wildman–Crippen LogP) is 2.22. The molecule has 1 aromatic rings. The van der Waals surface area contributed by atoms with Crippen LogP contribution < -0.4 is 5.32 Å². The second-order valence-electron chi connectivity index (χ2n) is 5.44. The largest absolute Gasteiger partial charge is 0.481 e. The molecule has 21 heavy (non-hydrogen) atoms. The van der Waals surface area contributed by atoms with Crippen LogP contribution in [0.2, 0.25) is 0 Å². The number of hydrogen-bond acceptors (Lipinski definition) is 2. The van der Waals surface area contributed by atoms with Crippen molar-refractivity contribution in [1.82, 2.24) is 10.2 Å². The SMILES string of the molecule is CN(Cc1ccccc1F)C(=O)N[C@H]1CC[C@@H](C(=O)O)C1. The van der Waals surface area contributed by atoms with Crippen LogP contribution >= 0.6 is 0 Å². The van der Waals surface area contributed by atoms with E-state index in [4.69, 9.17) is 5.11 Å². The number of aliphatic carboxylic acids is 1. The van der Waals surface area contributed by atoms with Crippen LogP contribution in [0.5, 0.6) is 0 Å². The molecule has 0 aliphatic heterocycles. The van der Waals surface area contributed by atoms with Gasteiger partial charge in [-0.15, -0.1) is 0 Å². The minimum atomic E-state index is -0.813. The van der Waals surface area contributed by atoms with Gasteiger partial charge in [-0.2, -0.15) is 0 Å². The van der Waals surface area contributed by atoms with Gasteiger partial charge in [0.15, 0.2) is 0 Å². The molecule has 1 aliphatic rings. The topological polar surface area (TPSA) is 69.6 Å². The van der Waals surface area contributed by atoms with E-state index in [1.807, 2.05) is 0 Å². The lowest BCUT2D eigenvalue weighted by Crippen LogP contribution is -2.42. The second kappa shape index (κ2) is 6.56. The molecular formula is C15H19FN2O3. The fraction of sp³-hybridized carbons (Fsp3) is 0.467. The highest BCUT2D eigenvalue weighted by atomic mass is 19.1. The molecule has 0 radical (unpaired) electrons. The summed E-state index contributed by atoms with van der Waals surface area (Å²) in [6, 6.07) is 5.88. The smallest absolute Gasteiger partial charge is 0.317 e. The zero-order chi connectivity index (χ0) is 15.4. The van der Waals surface area contributed by atoms with E-state index in [0.717, 1.165) is 0 Å². The van der Waals surface area contributed by atoms with Crippen molar-refractivity contribution in [3.63, 3.8) is 0 Å². The zero-order valence-electron chi connectivity index (χ0n) is 11.9. The molecule has 0 heterocycles. The Kier molecular flexibility index (Phi) is 4.77. The van der Waals surface area contributed by atoms with Gasteiger partial charge in [0.2, 0.25) is 0 Å². The Morgan fingerprint density at radius 1 is 1.38 bits per heavy atom. The van der Waals surface area contributed by atoms with E-state index in [-0.39, 0.29) is 30.4 Å². The van der Waals surface area contributed by atoms with Gasteiger partial charge < -0.3 is 15.3 Å². The number of carbonyl (C=O) groups is 2. The van der Waals surface area contributed by atoms with Gasteiger partial charge in [-0.3, -0.25) is 4.79 Å². The normalized spacial score (nSPS) is 21.0. The third-order valence-electron chi connectivity index (χ3n) is 3.82. The van der Waals surface area contributed by atoms with Gasteiger partial charge in [-0.1, -0.05) is 18.2 Å². The Balaban J connectivity index is 1.86. The number of carboxylic acid groups (broad SMARTS) is 1. The summed E-state index contributed by atoms with van der Waals surface area (Å²) in [5, 5.41) is 11.7. The van der Waals surface area contributed by atoms with Crippen molar-refractivity contribution in [3.05, 3.63) is 35.6 Å². The number of nitrogens with one attached hydrogen (secondary N) is 1. The number of halogens is 1. The minimum Gasteiger partial charge on any atom is -0.481 e. The van der Waals surface area contributed by atoms with Crippen LogP contribution in [0.1, 0.15) is 24.8 Å². The Morgan fingerprint density at radius 3 is 2.71 bits per heavy atom. The van der Waals surface area contributed by atoms with Gasteiger partial charge in [0.05, 0.1) is 5.92 Å². The molecule has 1 saturated carbocycles. The van der Waals surface area contributed by atoms with Crippen molar-refractivity contribution in [1.29, 1.82) is 0 Å². The lowest BCUT2D eigenvalue weighted by atomic mass is 10.1. The molecule has 6 heteroatoms. The first-order valence-electron chi connectivity index (χ1n) is 6.95. The summed E-state index contributed by atoms with van der Waals surface area (Å²) in [4.78, 5) is 24.3. The maximum atomic E-state index is 13.5. The van der Waals surface area contributed by atoms with Crippen LogP contribution in [0.25, 0.3) is 0 Å². The molecule has 0 saturated heterocycles. The number of hydrogen-bond donors (Lipinski definition) is 2. The molecule has 2 rings (SSSR count). The maximum absolute atomic E-state index is 13.5. The van der Waals surface area contributed by atoms with Crippen LogP contribution in [-0.2, 0) is 11.3 Å². The summed E-state index contributed by atoms with van der Waals surface area (Å²) < 4.78 is 13.5. The Bertz CT molecular complexity index is 535. The van der Waals surface area contributed by atoms with E-state index < -0.39 is 5.97 Å². The van der Waals surface area contributed by atoms with Gasteiger partial charge in [0, 0.05) is 25.2 Å². The maximum Gasteiger partial charge on any atom is 0.317 e. The van der Waals surface area contributed by atoms with Crippen molar-refractivity contribution in [3.8, 4) is 0 Å². The van der Waals surface area contributed by atoms with Gasteiger partial charge >= 0.3 is 12.0 Å². The van der Waals surface area contributed by atoms with Crippen LogP contribution in [0.3, 0.4) is 0 Å². The van der Waals surface area contributed by atoms with Crippen LogP contribution in [0, 0.1) is 11.7 Å². The summed E-state index contributed by atoms with van der Waals surface area (Å²) in [6.45, 7) is 0.174. The molecule has 1 aliphatic carbocycles. The molecule has 0 aromatic heterocycles. The monoisotopic (exact) mass is 294 g/mol. The van der Waals surface area contributed by atoms with E-state index in [1.54, 1.807) is 25.2 Å². The molecule has 114 valence electrons. The average molecular weight is 294 g/mol. The average Bonchev–Trinajstić information content (AvgIpc) is 2.90. The minimum absolute atomic E-state index is 0.123. The van der Waals surface area contributed by atoms with E-state index in [9.17, 15) is 14.0 Å². The predicted molar refractivity (Wildman–Crippen MR) is 75.2 cm³/mol. The molecule has 1 aromatic carbocycles. The van der Waals surface area contributed by atoms with E-state index in [1.165, 1.54) is 11.0 Å². The Morgan fingerprint density at radius 2 is 2.10 bits per heavy atom. The van der Waals surface area contributed by atoms with Gasteiger partial charge in [0.25, 0.3) is 0 Å². The highest BCUT2D eigenvalue weighted by Gasteiger charge is 2.31. The Labute approximate surface area is 122 Å². The zero-order valence-corrected chi connectivity index (χ0v) is 11.9. The first-order valence-corrected chi connectivity index (χ1v) is 6.95. The number of amides is 2. The standard InChI is InChI=1S/C15H19FN2O3/c1-18(9-11-4-2-3-5-13(11)16)15(21)17-12-7-6-10(8-12)14(19)20/h2-5,10,12H,6-9H2,1H3,(H,17,21)(H,19,20)/t10-,12+/m1/s1. The summed E-state index contributed by atoms with van der Waals surface area (Å²) in [5.74, 6) is -1.54. The second-order valence-corrected chi connectivity index (χ2v) is 5.44. The van der Waals surface area contributed by atoms with Crippen LogP contribution in [0.4, 0.5) is 9.18 Å². The van der Waals surface area contributed by atoms with Crippen molar-refractivity contribution in [2.75, 3.05) is 7.05 Å². The number of benzene rings is 1. The third kappa shape index (κ3) is 3.93. The first kappa shape index (κ1) is 15.3. The number of nitrogens with zero attached hydrogens (tertiary/aromatic N) is 1. The van der Waals surface area contributed by atoms with E-state index >= 15 is 0 Å². The highest BCUT2D eigenvalue weighted by Crippen LogP contribution is 2.25. The number of carboxylic acids is 1. The summed E-state index contributed by atoms with van der Waals surface area (Å²) >= 11 is 0. The quantitative estimate of drug-likeness (QED) is 0.894. The van der Waals surface area contributed by atoms with E-state index in [2.05, 4.69) is 5.32 Å². The third-order valence-corrected chi connectivity index (χ3v) is 3.82. The molecular weight excluding hydrogens is 275 g/mol. The summed E-state index contributed by atoms with van der Waals surface area (Å²) in [6.07, 6.45) is 1.70. The fourth-order valence-corrected chi connectivity index (χ4v) is 2.58. The lowest BCUT2D eigenvalue weighted by Gasteiger charge is -2.21. The Hall–Kier alpha value is -2.11.